The number of hydrogen-bond donors (Lipinski definition) is 3. The van der Waals surface area contributed by atoms with E-state index < -0.39 is 10.0 Å². The van der Waals surface area contributed by atoms with Crippen LogP contribution >= 0.6 is 0 Å². The van der Waals surface area contributed by atoms with E-state index in [0.717, 1.165) is 16.7 Å². The fourth-order valence-electron chi connectivity index (χ4n) is 3.98. The summed E-state index contributed by atoms with van der Waals surface area (Å²) in [5, 5.41) is 17.0. The summed E-state index contributed by atoms with van der Waals surface area (Å²) in [6, 6.07) is 11.8. The Morgan fingerprint density at radius 2 is 1.89 bits per heavy atom. The molecule has 0 saturated heterocycles. The van der Waals surface area contributed by atoms with Crippen molar-refractivity contribution in [2.24, 2.45) is 0 Å². The molecule has 0 aliphatic heterocycles. The Morgan fingerprint density at radius 3 is 2.64 bits per heavy atom. The molecule has 0 aliphatic rings. The SMILES string of the molecule is Cc1ccc(NS(=O)(=O)c2ccc(CNC(=O)c3cnc4c(C)cnn4c3)cc2)c2[nH]cc(C#N)c12. The Labute approximate surface area is 206 Å². The van der Waals surface area contributed by atoms with Crippen LogP contribution in [0.25, 0.3) is 16.6 Å². The lowest BCUT2D eigenvalue weighted by Gasteiger charge is -2.11. The van der Waals surface area contributed by atoms with Crippen molar-refractivity contribution in [3.63, 3.8) is 0 Å². The van der Waals surface area contributed by atoms with Crippen LogP contribution < -0.4 is 10.0 Å². The number of carbonyl (C=O) groups is 1. The largest absolute Gasteiger partial charge is 0.358 e. The molecule has 11 heteroatoms. The minimum Gasteiger partial charge on any atom is -0.358 e. The Bertz CT molecular complexity index is 1780. The molecule has 3 heterocycles. The molecule has 0 radical (unpaired) electrons. The fraction of sp³-hybridized carbons (Fsp3) is 0.120. The summed E-state index contributed by atoms with van der Waals surface area (Å²) < 4.78 is 30.2. The third kappa shape index (κ3) is 4.14. The highest BCUT2D eigenvalue weighted by Crippen LogP contribution is 2.30. The lowest BCUT2D eigenvalue weighted by atomic mass is 10.1. The molecule has 3 N–H and O–H groups in total. The average molecular weight is 500 g/mol. The van der Waals surface area contributed by atoms with E-state index >= 15 is 0 Å². The molecule has 0 spiro atoms. The van der Waals surface area contributed by atoms with Crippen LogP contribution in [0.5, 0.6) is 0 Å². The first-order chi connectivity index (χ1) is 17.3. The molecule has 5 aromatic rings. The van der Waals surface area contributed by atoms with Crippen LogP contribution in [0.15, 0.2) is 66.1 Å². The Kier molecular flexibility index (Phi) is 5.66. The number of nitrogens with zero attached hydrogens (tertiary/aromatic N) is 4. The van der Waals surface area contributed by atoms with Gasteiger partial charge in [0.25, 0.3) is 15.9 Å². The van der Waals surface area contributed by atoms with Gasteiger partial charge in [0.05, 0.1) is 33.4 Å². The Morgan fingerprint density at radius 1 is 1.11 bits per heavy atom. The number of nitriles is 1. The first-order valence-corrected chi connectivity index (χ1v) is 12.5. The third-order valence-electron chi connectivity index (χ3n) is 5.89. The van der Waals surface area contributed by atoms with E-state index in [-0.39, 0.29) is 17.3 Å². The van der Waals surface area contributed by atoms with Gasteiger partial charge in [-0.25, -0.2) is 17.9 Å². The zero-order chi connectivity index (χ0) is 25.4. The van der Waals surface area contributed by atoms with Crippen molar-refractivity contribution in [2.45, 2.75) is 25.3 Å². The summed E-state index contributed by atoms with van der Waals surface area (Å²) in [6.45, 7) is 3.96. The lowest BCUT2D eigenvalue weighted by Crippen LogP contribution is -2.23. The molecule has 0 atom stereocenters. The molecule has 1 amide bonds. The second kappa shape index (κ2) is 8.83. The third-order valence-corrected chi connectivity index (χ3v) is 7.27. The first-order valence-electron chi connectivity index (χ1n) is 11.0. The van der Waals surface area contributed by atoms with Gasteiger partial charge in [0.15, 0.2) is 5.65 Å². The van der Waals surface area contributed by atoms with E-state index in [1.807, 2.05) is 13.8 Å². The molecule has 0 saturated carbocycles. The number of anilines is 1. The van der Waals surface area contributed by atoms with E-state index in [9.17, 15) is 18.5 Å². The number of aromatic amines is 1. The topological polar surface area (TPSA) is 145 Å². The van der Waals surface area contributed by atoms with Gasteiger partial charge in [0.1, 0.15) is 6.07 Å². The summed E-state index contributed by atoms with van der Waals surface area (Å²) in [5.41, 5.74) is 4.91. The van der Waals surface area contributed by atoms with Crippen molar-refractivity contribution >= 4 is 38.2 Å². The number of benzene rings is 2. The first kappa shape index (κ1) is 23.1. The number of fused-ring (bicyclic) bond motifs is 2. The van der Waals surface area contributed by atoms with E-state index in [1.54, 1.807) is 47.4 Å². The number of nitrogens with one attached hydrogen (secondary N) is 3. The minimum atomic E-state index is -3.88. The monoisotopic (exact) mass is 499 g/mol. The normalized spacial score (nSPS) is 11.5. The van der Waals surface area contributed by atoms with Crippen molar-refractivity contribution in [1.82, 2.24) is 24.9 Å². The predicted molar refractivity (Wildman–Crippen MR) is 134 cm³/mol. The number of H-pyrrole nitrogens is 1. The van der Waals surface area contributed by atoms with Gasteiger partial charge in [0.2, 0.25) is 0 Å². The van der Waals surface area contributed by atoms with Crippen molar-refractivity contribution in [2.75, 3.05) is 4.72 Å². The molecule has 0 bridgehead atoms. The molecule has 10 nitrogen and oxygen atoms in total. The quantitative estimate of drug-likeness (QED) is 0.326. The second-order valence-electron chi connectivity index (χ2n) is 8.36. The van der Waals surface area contributed by atoms with Gasteiger partial charge in [-0.3, -0.25) is 9.52 Å². The van der Waals surface area contributed by atoms with Crippen LogP contribution in [0, 0.1) is 25.2 Å². The highest BCUT2D eigenvalue weighted by Gasteiger charge is 2.18. The summed E-state index contributed by atoms with van der Waals surface area (Å²) >= 11 is 0. The van der Waals surface area contributed by atoms with E-state index in [2.05, 4.69) is 31.2 Å². The van der Waals surface area contributed by atoms with Gasteiger partial charge in [-0.05, 0) is 43.2 Å². The summed E-state index contributed by atoms with van der Waals surface area (Å²) in [5.74, 6) is -0.318. The van der Waals surface area contributed by atoms with E-state index in [1.165, 1.54) is 18.3 Å². The molecule has 0 aliphatic carbocycles. The second-order valence-corrected chi connectivity index (χ2v) is 10.0. The Hall–Kier alpha value is -4.69. The highest BCUT2D eigenvalue weighted by atomic mass is 32.2. The molecule has 0 unspecified atom stereocenters. The van der Waals surface area contributed by atoms with Gasteiger partial charge in [-0.15, -0.1) is 0 Å². The van der Waals surface area contributed by atoms with Crippen molar-refractivity contribution < 1.29 is 13.2 Å². The van der Waals surface area contributed by atoms with Crippen molar-refractivity contribution in [3.05, 3.63) is 89.0 Å². The molecule has 0 fully saturated rings. The number of hydrogen-bond acceptors (Lipinski definition) is 6. The zero-order valence-electron chi connectivity index (χ0n) is 19.4. The summed E-state index contributed by atoms with van der Waals surface area (Å²) in [6.07, 6.45) is 6.34. The van der Waals surface area contributed by atoms with Crippen LogP contribution in [-0.2, 0) is 16.6 Å². The van der Waals surface area contributed by atoms with Crippen LogP contribution in [0.1, 0.15) is 32.6 Å². The van der Waals surface area contributed by atoms with Crippen molar-refractivity contribution in [1.29, 1.82) is 5.26 Å². The van der Waals surface area contributed by atoms with Crippen LogP contribution in [0.4, 0.5) is 5.69 Å². The number of aromatic nitrogens is 4. The smallest absolute Gasteiger partial charge is 0.261 e. The van der Waals surface area contributed by atoms with Crippen LogP contribution in [0.2, 0.25) is 0 Å². The van der Waals surface area contributed by atoms with Crippen molar-refractivity contribution in [3.8, 4) is 6.07 Å². The zero-order valence-corrected chi connectivity index (χ0v) is 20.2. The molecule has 36 heavy (non-hydrogen) atoms. The maximum Gasteiger partial charge on any atom is 0.261 e. The molecule has 3 aromatic heterocycles. The Balaban J connectivity index is 1.29. The maximum absolute atomic E-state index is 13.0. The maximum atomic E-state index is 13.0. The highest BCUT2D eigenvalue weighted by molar-refractivity contribution is 7.92. The number of carbonyl (C=O) groups excluding carboxylic acids is 1. The number of sulfonamides is 1. The number of amides is 1. The van der Waals surface area contributed by atoms with E-state index in [4.69, 9.17) is 0 Å². The summed E-state index contributed by atoms with van der Waals surface area (Å²) in [7, 11) is -3.88. The fourth-order valence-corrected chi connectivity index (χ4v) is 5.05. The van der Waals surface area contributed by atoms with Gasteiger partial charge in [-0.1, -0.05) is 18.2 Å². The molecule has 180 valence electrons. The minimum absolute atomic E-state index is 0.0714. The van der Waals surface area contributed by atoms with Crippen LogP contribution in [0.3, 0.4) is 0 Å². The van der Waals surface area contributed by atoms with Gasteiger partial charge in [-0.2, -0.15) is 10.4 Å². The van der Waals surface area contributed by atoms with E-state index in [0.29, 0.717) is 33.4 Å². The molecule has 5 rings (SSSR count). The van der Waals surface area contributed by atoms with Gasteiger partial charge < -0.3 is 10.3 Å². The molecule has 2 aromatic carbocycles. The number of aryl methyl sites for hydroxylation is 2. The average Bonchev–Trinajstić information content (AvgIpc) is 3.48. The predicted octanol–water partition coefficient (Wildman–Crippen LogP) is 3.43. The summed E-state index contributed by atoms with van der Waals surface area (Å²) in [4.78, 5) is 19.9. The molecular formula is C25H21N7O3S. The number of rotatable bonds is 6. The molecular weight excluding hydrogens is 478 g/mol. The van der Waals surface area contributed by atoms with Gasteiger partial charge in [0, 0.05) is 36.1 Å². The lowest BCUT2D eigenvalue weighted by molar-refractivity contribution is 0.0950. The van der Waals surface area contributed by atoms with Gasteiger partial charge >= 0.3 is 0 Å². The van der Waals surface area contributed by atoms with Crippen LogP contribution in [-0.4, -0.2) is 33.9 Å². The standard InChI is InChI=1S/C25H21N7O3S/c1-15-3-8-21(23-22(15)18(9-26)12-27-23)31-36(34,35)20-6-4-17(5-7-20)11-29-25(33)19-13-28-24-16(2)10-30-32(24)14-19/h3-8,10,12-14,27,31H,11H2,1-2H3,(H,29,33).